The third-order valence-corrected chi connectivity index (χ3v) is 4.26. The highest BCUT2D eigenvalue weighted by Crippen LogP contribution is 2.23. The first-order valence-electron chi connectivity index (χ1n) is 7.80. The first-order valence-corrected chi connectivity index (χ1v) is 7.80. The van der Waals surface area contributed by atoms with Crippen LogP contribution in [-0.2, 0) is 4.74 Å². The van der Waals surface area contributed by atoms with E-state index in [0.29, 0.717) is 18.1 Å². The van der Waals surface area contributed by atoms with Crippen LogP contribution in [0.3, 0.4) is 0 Å². The second-order valence-electron chi connectivity index (χ2n) is 5.81. The molecule has 1 fully saturated rings. The van der Waals surface area contributed by atoms with Crippen molar-refractivity contribution in [3.05, 3.63) is 35.9 Å². The van der Waals surface area contributed by atoms with E-state index in [1.54, 1.807) is 0 Å². The standard InChI is InChI=1S/C17H28N2O/c1-4-16-13-19(10-11-20-16)12-14(2)17(18-3)15-8-6-5-7-9-15/h5-9,14,16-18H,4,10-13H2,1-3H3. The molecule has 0 aliphatic carbocycles. The first kappa shape index (κ1) is 15.5. The topological polar surface area (TPSA) is 24.5 Å². The van der Waals surface area contributed by atoms with Crippen LogP contribution in [0.4, 0.5) is 0 Å². The highest BCUT2D eigenvalue weighted by molar-refractivity contribution is 5.19. The molecule has 3 nitrogen and oxygen atoms in total. The number of nitrogens with zero attached hydrogens (tertiary/aromatic N) is 1. The molecule has 20 heavy (non-hydrogen) atoms. The Balaban J connectivity index is 1.94. The van der Waals surface area contributed by atoms with Crippen molar-refractivity contribution in [1.29, 1.82) is 0 Å². The van der Waals surface area contributed by atoms with Crippen molar-refractivity contribution in [2.24, 2.45) is 5.92 Å². The van der Waals surface area contributed by atoms with Gasteiger partial charge in [-0.1, -0.05) is 44.2 Å². The van der Waals surface area contributed by atoms with Gasteiger partial charge in [-0.2, -0.15) is 0 Å². The van der Waals surface area contributed by atoms with Crippen molar-refractivity contribution in [3.8, 4) is 0 Å². The molecule has 1 aromatic carbocycles. The summed E-state index contributed by atoms with van der Waals surface area (Å²) < 4.78 is 5.75. The van der Waals surface area contributed by atoms with Gasteiger partial charge in [-0.05, 0) is 24.9 Å². The Hall–Kier alpha value is -0.900. The molecule has 0 aromatic heterocycles. The molecule has 0 spiro atoms. The van der Waals surface area contributed by atoms with Gasteiger partial charge in [0, 0.05) is 25.7 Å². The molecule has 0 bridgehead atoms. The lowest BCUT2D eigenvalue weighted by Gasteiger charge is -2.36. The van der Waals surface area contributed by atoms with E-state index < -0.39 is 0 Å². The number of nitrogens with one attached hydrogen (secondary N) is 1. The third-order valence-electron chi connectivity index (χ3n) is 4.26. The third kappa shape index (κ3) is 4.05. The highest BCUT2D eigenvalue weighted by atomic mass is 16.5. The van der Waals surface area contributed by atoms with Crippen molar-refractivity contribution in [2.75, 3.05) is 33.3 Å². The Morgan fingerprint density at radius 2 is 2.10 bits per heavy atom. The zero-order chi connectivity index (χ0) is 14.4. The summed E-state index contributed by atoms with van der Waals surface area (Å²) >= 11 is 0. The minimum Gasteiger partial charge on any atom is -0.376 e. The van der Waals surface area contributed by atoms with E-state index >= 15 is 0 Å². The molecule has 112 valence electrons. The molecule has 0 amide bonds. The van der Waals surface area contributed by atoms with Crippen molar-refractivity contribution in [2.45, 2.75) is 32.4 Å². The van der Waals surface area contributed by atoms with Gasteiger partial charge in [0.15, 0.2) is 0 Å². The Labute approximate surface area is 123 Å². The van der Waals surface area contributed by atoms with E-state index in [4.69, 9.17) is 4.74 Å². The molecule has 3 heteroatoms. The lowest BCUT2D eigenvalue weighted by atomic mass is 9.94. The SMILES string of the molecule is CCC1CN(CC(C)C(NC)c2ccccc2)CCO1. The summed E-state index contributed by atoms with van der Waals surface area (Å²) in [5.74, 6) is 0.581. The Morgan fingerprint density at radius 1 is 1.35 bits per heavy atom. The minimum atomic E-state index is 0.416. The molecule has 3 unspecified atom stereocenters. The van der Waals surface area contributed by atoms with Gasteiger partial charge in [0.05, 0.1) is 12.7 Å². The molecule has 0 radical (unpaired) electrons. The Bertz CT molecular complexity index is 382. The second kappa shape index (κ2) is 7.77. The van der Waals surface area contributed by atoms with Crippen LogP contribution < -0.4 is 5.32 Å². The molecular formula is C17H28N2O. The van der Waals surface area contributed by atoms with Crippen LogP contribution >= 0.6 is 0 Å². The van der Waals surface area contributed by atoms with Gasteiger partial charge >= 0.3 is 0 Å². The Kier molecular flexibility index (Phi) is 6.02. The molecule has 0 saturated carbocycles. The number of ether oxygens (including phenoxy) is 1. The largest absolute Gasteiger partial charge is 0.376 e. The number of hydrogen-bond donors (Lipinski definition) is 1. The fraction of sp³-hybridized carbons (Fsp3) is 0.647. The molecule has 3 atom stereocenters. The van der Waals surface area contributed by atoms with Gasteiger partial charge < -0.3 is 10.1 Å². The van der Waals surface area contributed by atoms with Crippen LogP contribution in [0.5, 0.6) is 0 Å². The number of hydrogen-bond acceptors (Lipinski definition) is 3. The maximum absolute atomic E-state index is 5.75. The van der Waals surface area contributed by atoms with Gasteiger partial charge in [-0.15, -0.1) is 0 Å². The lowest BCUT2D eigenvalue weighted by Crippen LogP contribution is -2.45. The normalized spacial score (nSPS) is 23.4. The highest BCUT2D eigenvalue weighted by Gasteiger charge is 2.24. The van der Waals surface area contributed by atoms with Crippen molar-refractivity contribution < 1.29 is 4.74 Å². The maximum atomic E-state index is 5.75. The lowest BCUT2D eigenvalue weighted by molar-refractivity contribution is -0.0347. The van der Waals surface area contributed by atoms with Gasteiger partial charge in [0.1, 0.15) is 0 Å². The molecule has 1 saturated heterocycles. The van der Waals surface area contributed by atoms with Crippen LogP contribution in [0.1, 0.15) is 31.9 Å². The molecule has 1 aromatic rings. The van der Waals surface area contributed by atoms with Crippen molar-refractivity contribution >= 4 is 0 Å². The summed E-state index contributed by atoms with van der Waals surface area (Å²) in [5, 5.41) is 3.47. The predicted molar refractivity (Wildman–Crippen MR) is 83.9 cm³/mol. The summed E-state index contributed by atoms with van der Waals surface area (Å²) in [6.07, 6.45) is 1.53. The van der Waals surface area contributed by atoms with E-state index in [1.807, 2.05) is 0 Å². The molecular weight excluding hydrogens is 248 g/mol. The summed E-state index contributed by atoms with van der Waals surface area (Å²) in [5.41, 5.74) is 1.38. The summed E-state index contributed by atoms with van der Waals surface area (Å²) in [7, 11) is 2.06. The fourth-order valence-electron chi connectivity index (χ4n) is 3.15. The van der Waals surface area contributed by atoms with Crippen molar-refractivity contribution in [1.82, 2.24) is 10.2 Å². The van der Waals surface area contributed by atoms with E-state index in [9.17, 15) is 0 Å². The first-order chi connectivity index (χ1) is 9.74. The predicted octanol–water partition coefficient (Wildman–Crippen LogP) is 2.69. The van der Waals surface area contributed by atoms with Crippen LogP contribution in [0.25, 0.3) is 0 Å². The summed E-state index contributed by atoms with van der Waals surface area (Å²) in [6, 6.07) is 11.2. The molecule has 1 aliphatic rings. The molecule has 1 aliphatic heterocycles. The zero-order valence-electron chi connectivity index (χ0n) is 13.0. The Morgan fingerprint density at radius 3 is 2.75 bits per heavy atom. The minimum absolute atomic E-state index is 0.416. The van der Waals surface area contributed by atoms with Gasteiger partial charge in [0.2, 0.25) is 0 Å². The number of morpholine rings is 1. The van der Waals surface area contributed by atoms with E-state index in [1.165, 1.54) is 5.56 Å². The van der Waals surface area contributed by atoms with Gasteiger partial charge in [-0.25, -0.2) is 0 Å². The smallest absolute Gasteiger partial charge is 0.0700 e. The number of benzene rings is 1. The number of rotatable bonds is 6. The van der Waals surface area contributed by atoms with Crippen LogP contribution in [0.2, 0.25) is 0 Å². The fourth-order valence-corrected chi connectivity index (χ4v) is 3.15. The van der Waals surface area contributed by atoms with Crippen LogP contribution in [-0.4, -0.2) is 44.3 Å². The maximum Gasteiger partial charge on any atom is 0.0700 e. The zero-order valence-corrected chi connectivity index (χ0v) is 13.0. The van der Waals surface area contributed by atoms with E-state index in [-0.39, 0.29) is 0 Å². The quantitative estimate of drug-likeness (QED) is 0.864. The van der Waals surface area contributed by atoms with E-state index in [0.717, 1.165) is 32.7 Å². The van der Waals surface area contributed by atoms with Crippen LogP contribution in [0.15, 0.2) is 30.3 Å². The summed E-state index contributed by atoms with van der Waals surface area (Å²) in [6.45, 7) is 8.68. The second-order valence-corrected chi connectivity index (χ2v) is 5.81. The molecule has 1 heterocycles. The van der Waals surface area contributed by atoms with E-state index in [2.05, 4.69) is 61.4 Å². The monoisotopic (exact) mass is 276 g/mol. The van der Waals surface area contributed by atoms with Gasteiger partial charge in [-0.3, -0.25) is 4.90 Å². The molecule has 2 rings (SSSR count). The van der Waals surface area contributed by atoms with Crippen LogP contribution in [0, 0.1) is 5.92 Å². The molecule has 1 N–H and O–H groups in total. The van der Waals surface area contributed by atoms with Crippen molar-refractivity contribution in [3.63, 3.8) is 0 Å². The summed E-state index contributed by atoms with van der Waals surface area (Å²) in [4.78, 5) is 2.55. The van der Waals surface area contributed by atoms with Gasteiger partial charge in [0.25, 0.3) is 0 Å². The average molecular weight is 276 g/mol. The average Bonchev–Trinajstić information content (AvgIpc) is 2.49.